The number of nitrogens with one attached hydrogen (secondary N) is 2. The molecule has 3 N–H and O–H groups in total. The predicted molar refractivity (Wildman–Crippen MR) is 93.4 cm³/mol. The number of fused-ring (bicyclic) bond motifs is 1. The number of carbonyl (C=O) groups is 1. The molecule has 26 heavy (non-hydrogen) atoms. The van der Waals surface area contributed by atoms with E-state index in [1.165, 1.54) is 16.7 Å². The van der Waals surface area contributed by atoms with Crippen molar-refractivity contribution in [2.75, 3.05) is 7.05 Å². The largest absolute Gasteiger partial charge is 0.501 e. The van der Waals surface area contributed by atoms with E-state index in [0.717, 1.165) is 19.3 Å². The number of aromatic hydroxyl groups is 1. The first kappa shape index (κ1) is 18.1. The van der Waals surface area contributed by atoms with Crippen LogP contribution < -0.4 is 16.2 Å². The Morgan fingerprint density at radius 2 is 2.08 bits per heavy atom. The van der Waals surface area contributed by atoms with Crippen LogP contribution in [0.15, 0.2) is 29.1 Å². The van der Waals surface area contributed by atoms with Crippen molar-refractivity contribution in [1.29, 1.82) is 0 Å². The number of halogens is 1. The summed E-state index contributed by atoms with van der Waals surface area (Å²) in [6.07, 6.45) is 2.52. The van der Waals surface area contributed by atoms with Gasteiger partial charge in [0.05, 0.1) is 6.04 Å². The maximum Gasteiger partial charge on any atom is 0.296 e. The third-order valence-corrected chi connectivity index (χ3v) is 4.54. The van der Waals surface area contributed by atoms with Crippen molar-refractivity contribution in [1.82, 2.24) is 20.2 Å². The third kappa shape index (κ3) is 3.60. The number of rotatable bonds is 4. The van der Waals surface area contributed by atoms with Gasteiger partial charge in [-0.1, -0.05) is 12.1 Å². The fourth-order valence-corrected chi connectivity index (χ4v) is 3.09. The maximum absolute atomic E-state index is 12.9. The number of carbonyl (C=O) groups excluding carboxylic acids is 1. The summed E-state index contributed by atoms with van der Waals surface area (Å²) in [5, 5.41) is 15.9. The molecule has 3 rings (SSSR count). The van der Waals surface area contributed by atoms with E-state index in [4.69, 9.17) is 0 Å². The summed E-state index contributed by atoms with van der Waals surface area (Å²) in [6, 6.07) is 5.53. The first-order chi connectivity index (χ1) is 12.5. The number of hydrogen-bond acceptors (Lipinski definition) is 5. The first-order valence-electron chi connectivity index (χ1n) is 8.55. The Balaban J connectivity index is 1.88. The van der Waals surface area contributed by atoms with E-state index in [9.17, 15) is 19.1 Å². The summed E-state index contributed by atoms with van der Waals surface area (Å²) in [7, 11) is 1.77. The number of aromatic nitrogens is 2. The molecular weight excluding hydrogens is 339 g/mol. The van der Waals surface area contributed by atoms with Gasteiger partial charge in [-0.2, -0.15) is 0 Å². The van der Waals surface area contributed by atoms with Gasteiger partial charge < -0.3 is 15.7 Å². The minimum Gasteiger partial charge on any atom is -0.501 e. The van der Waals surface area contributed by atoms with Gasteiger partial charge in [-0.3, -0.25) is 14.2 Å². The number of nitrogens with zero attached hydrogens (tertiary/aromatic N) is 2. The Hall–Kier alpha value is -2.74. The van der Waals surface area contributed by atoms with Crippen molar-refractivity contribution in [2.45, 2.75) is 38.4 Å². The third-order valence-electron chi connectivity index (χ3n) is 4.54. The molecule has 1 aromatic heterocycles. The van der Waals surface area contributed by atoms with Gasteiger partial charge in [0.15, 0.2) is 5.69 Å². The van der Waals surface area contributed by atoms with E-state index in [1.807, 2.05) is 0 Å². The quantitative estimate of drug-likeness (QED) is 0.767. The van der Waals surface area contributed by atoms with Crippen molar-refractivity contribution >= 4 is 5.91 Å². The molecule has 1 aromatic carbocycles. The zero-order valence-electron chi connectivity index (χ0n) is 14.5. The van der Waals surface area contributed by atoms with Crippen LogP contribution in [0.25, 0.3) is 0 Å². The second kappa shape index (κ2) is 7.65. The van der Waals surface area contributed by atoms with Crippen LogP contribution in [0.2, 0.25) is 0 Å². The molecule has 0 aliphatic carbocycles. The Kier molecular flexibility index (Phi) is 5.32. The Bertz CT molecular complexity index is 864. The molecule has 0 saturated heterocycles. The first-order valence-corrected chi connectivity index (χ1v) is 8.55. The number of benzene rings is 1. The smallest absolute Gasteiger partial charge is 0.296 e. The Morgan fingerprint density at radius 1 is 1.35 bits per heavy atom. The summed E-state index contributed by atoms with van der Waals surface area (Å²) in [4.78, 5) is 29.2. The van der Waals surface area contributed by atoms with Crippen molar-refractivity contribution in [2.24, 2.45) is 0 Å². The highest BCUT2D eigenvalue weighted by atomic mass is 19.1. The van der Waals surface area contributed by atoms with E-state index in [0.29, 0.717) is 17.9 Å². The zero-order chi connectivity index (χ0) is 18.7. The molecule has 0 saturated carbocycles. The topological polar surface area (TPSA) is 96.2 Å². The van der Waals surface area contributed by atoms with Crippen molar-refractivity contribution in [3.05, 3.63) is 57.5 Å². The summed E-state index contributed by atoms with van der Waals surface area (Å²) >= 11 is 0. The Morgan fingerprint density at radius 3 is 2.77 bits per heavy atom. The summed E-state index contributed by atoms with van der Waals surface area (Å²) < 4.78 is 14.4. The second-order valence-corrected chi connectivity index (χ2v) is 6.27. The molecule has 0 bridgehead atoms. The van der Waals surface area contributed by atoms with E-state index >= 15 is 0 Å². The summed E-state index contributed by atoms with van der Waals surface area (Å²) in [6.45, 7) is 0.596. The molecular formula is C18H21FN4O3. The number of hydrogen-bond donors (Lipinski definition) is 3. The zero-order valence-corrected chi connectivity index (χ0v) is 14.5. The SMILES string of the molecule is CNC1CCCCn2c1nc(C(=O)NCc1ccc(F)cc1)c(O)c2=O. The lowest BCUT2D eigenvalue weighted by molar-refractivity contribution is 0.0941. The van der Waals surface area contributed by atoms with Crippen molar-refractivity contribution < 1.29 is 14.3 Å². The van der Waals surface area contributed by atoms with Crippen LogP contribution in [0.5, 0.6) is 5.75 Å². The van der Waals surface area contributed by atoms with E-state index in [1.54, 1.807) is 19.2 Å². The van der Waals surface area contributed by atoms with Gasteiger partial charge >= 0.3 is 0 Å². The van der Waals surface area contributed by atoms with Gasteiger partial charge in [-0.05, 0) is 44.0 Å². The molecule has 7 nitrogen and oxygen atoms in total. The molecule has 2 heterocycles. The van der Waals surface area contributed by atoms with Crippen LogP contribution in [0.4, 0.5) is 4.39 Å². The minimum atomic E-state index is -0.651. The molecule has 138 valence electrons. The average molecular weight is 360 g/mol. The summed E-state index contributed by atoms with van der Waals surface area (Å²) in [5.74, 6) is -1.20. The van der Waals surface area contributed by atoms with Gasteiger partial charge in [-0.25, -0.2) is 9.37 Å². The lowest BCUT2D eigenvalue weighted by atomic mass is 10.1. The van der Waals surface area contributed by atoms with Gasteiger partial charge in [-0.15, -0.1) is 0 Å². The molecule has 1 aliphatic rings. The average Bonchev–Trinajstić information content (AvgIpc) is 2.86. The highest BCUT2D eigenvalue weighted by Gasteiger charge is 2.26. The van der Waals surface area contributed by atoms with E-state index in [2.05, 4.69) is 15.6 Å². The number of amides is 1. The van der Waals surface area contributed by atoms with E-state index < -0.39 is 17.2 Å². The highest BCUT2D eigenvalue weighted by Crippen LogP contribution is 2.23. The standard InChI is InChI=1S/C18H21FN4O3/c1-20-13-4-2-3-9-23-16(13)22-14(15(24)18(23)26)17(25)21-10-11-5-7-12(19)8-6-11/h5-8,13,20,24H,2-4,9-10H2,1H3,(H,21,25). The van der Waals surface area contributed by atoms with Gasteiger partial charge in [0.25, 0.3) is 11.5 Å². The van der Waals surface area contributed by atoms with Crippen LogP contribution >= 0.6 is 0 Å². The van der Waals surface area contributed by atoms with Crippen LogP contribution in [-0.4, -0.2) is 27.6 Å². The molecule has 1 amide bonds. The second-order valence-electron chi connectivity index (χ2n) is 6.27. The lowest BCUT2D eigenvalue weighted by Crippen LogP contribution is -2.33. The molecule has 0 spiro atoms. The van der Waals surface area contributed by atoms with Crippen molar-refractivity contribution in [3.63, 3.8) is 0 Å². The van der Waals surface area contributed by atoms with Crippen LogP contribution in [0, 0.1) is 5.82 Å². The molecule has 1 atom stereocenters. The monoisotopic (exact) mass is 360 g/mol. The Labute approximate surface area is 149 Å². The van der Waals surface area contributed by atoms with E-state index in [-0.39, 0.29) is 24.1 Å². The summed E-state index contributed by atoms with van der Waals surface area (Å²) in [5.41, 5.74) is -0.201. The highest BCUT2D eigenvalue weighted by molar-refractivity contribution is 5.94. The maximum atomic E-state index is 12.9. The molecule has 1 unspecified atom stereocenters. The normalized spacial score (nSPS) is 16.6. The van der Waals surface area contributed by atoms with Gasteiger partial charge in [0.2, 0.25) is 5.75 Å². The predicted octanol–water partition coefficient (Wildman–Crippen LogP) is 1.46. The van der Waals surface area contributed by atoms with Crippen molar-refractivity contribution in [3.8, 4) is 5.75 Å². The fraction of sp³-hybridized carbons (Fsp3) is 0.389. The van der Waals surface area contributed by atoms with Gasteiger partial charge in [0, 0.05) is 13.1 Å². The molecule has 8 heteroatoms. The lowest BCUT2D eigenvalue weighted by Gasteiger charge is -2.18. The fourth-order valence-electron chi connectivity index (χ4n) is 3.09. The van der Waals surface area contributed by atoms with Crippen LogP contribution in [0.3, 0.4) is 0 Å². The van der Waals surface area contributed by atoms with Gasteiger partial charge in [0.1, 0.15) is 11.6 Å². The molecule has 0 radical (unpaired) electrons. The van der Waals surface area contributed by atoms with Crippen LogP contribution in [-0.2, 0) is 13.1 Å². The van der Waals surface area contributed by atoms with Crippen LogP contribution in [0.1, 0.15) is 47.2 Å². The molecule has 0 fully saturated rings. The molecule has 2 aromatic rings. The minimum absolute atomic E-state index is 0.133. The molecule has 1 aliphatic heterocycles.